The topological polar surface area (TPSA) is 187 Å². The number of anilines is 2. The molecule has 3 atom stereocenters. The molecular formula is C55H54F3N7O8S. The van der Waals surface area contributed by atoms with Crippen LogP contribution in [-0.4, -0.2) is 80.8 Å². The molecule has 6 aromatic rings. The number of aliphatic hydroxyl groups excluding tert-OH is 1. The van der Waals surface area contributed by atoms with Crippen LogP contribution >= 0.6 is 11.3 Å². The zero-order chi connectivity index (χ0) is 53.1. The van der Waals surface area contributed by atoms with E-state index in [4.69, 9.17) is 9.47 Å². The summed E-state index contributed by atoms with van der Waals surface area (Å²) in [7, 11) is 0. The number of thiazole rings is 1. The molecule has 0 bridgehead atoms. The predicted octanol–water partition coefficient (Wildman–Crippen LogP) is 9.30. The van der Waals surface area contributed by atoms with E-state index in [9.17, 15) is 47.5 Å². The monoisotopic (exact) mass is 1030 g/mol. The largest absolute Gasteiger partial charge is 0.494 e. The number of pyridine rings is 1. The van der Waals surface area contributed by atoms with Crippen LogP contribution in [0.1, 0.15) is 75.4 Å². The highest BCUT2D eigenvalue weighted by Gasteiger charge is 2.53. The van der Waals surface area contributed by atoms with E-state index in [-0.39, 0.29) is 43.5 Å². The lowest BCUT2D eigenvalue weighted by atomic mass is 10.0. The fourth-order valence-corrected chi connectivity index (χ4v) is 10.1. The Kier molecular flexibility index (Phi) is 15.4. The van der Waals surface area contributed by atoms with Crippen LogP contribution in [0.15, 0.2) is 120 Å². The van der Waals surface area contributed by atoms with Crippen molar-refractivity contribution >= 4 is 46.5 Å². The van der Waals surface area contributed by atoms with Crippen molar-refractivity contribution in [3.63, 3.8) is 0 Å². The number of alkyl halides is 3. The van der Waals surface area contributed by atoms with Crippen LogP contribution in [0.2, 0.25) is 0 Å². The summed E-state index contributed by atoms with van der Waals surface area (Å²) >= 11 is 1.56. The van der Waals surface area contributed by atoms with Gasteiger partial charge in [0.15, 0.2) is 5.75 Å². The maximum atomic E-state index is 14.3. The Morgan fingerprint density at radius 2 is 1.54 bits per heavy atom. The van der Waals surface area contributed by atoms with Crippen molar-refractivity contribution in [2.45, 2.75) is 90.3 Å². The van der Waals surface area contributed by atoms with Gasteiger partial charge in [-0.15, -0.1) is 11.3 Å². The number of hydrogen-bond acceptors (Lipinski definition) is 11. The molecule has 2 aliphatic heterocycles. The number of imide groups is 1. The maximum Gasteiger partial charge on any atom is 0.417 e. The van der Waals surface area contributed by atoms with Gasteiger partial charge in [0, 0.05) is 31.4 Å². The van der Waals surface area contributed by atoms with Crippen LogP contribution in [-0.2, 0) is 27.1 Å². The first-order chi connectivity index (χ1) is 35.3. The molecule has 2 fully saturated rings. The Labute approximate surface area is 429 Å². The Morgan fingerprint density at radius 3 is 2.16 bits per heavy atom. The number of amides is 5. The van der Waals surface area contributed by atoms with E-state index >= 15 is 0 Å². The first-order valence-electron chi connectivity index (χ1n) is 24.0. The molecule has 15 nitrogen and oxygen atoms in total. The molecule has 2 N–H and O–H groups in total. The second-order valence-electron chi connectivity index (χ2n) is 19.0. The molecule has 4 aromatic carbocycles. The number of nitriles is 1. The number of aromatic nitrogens is 2. The van der Waals surface area contributed by atoms with Gasteiger partial charge in [-0.1, -0.05) is 62.4 Å². The number of aliphatic hydroxyl groups is 1. The van der Waals surface area contributed by atoms with Crippen molar-refractivity contribution in [2.75, 3.05) is 29.6 Å². The lowest BCUT2D eigenvalue weighted by molar-refractivity contribution is -0.142. The number of carbonyl (C=O) groups is 4. The van der Waals surface area contributed by atoms with Crippen LogP contribution in [0, 0.1) is 24.2 Å². The minimum absolute atomic E-state index is 0.0461. The van der Waals surface area contributed by atoms with E-state index in [1.54, 1.807) is 65.4 Å². The summed E-state index contributed by atoms with van der Waals surface area (Å²) in [5.41, 5.74) is 2.51. The number of ether oxygens (including phenoxy) is 2. The average molecular weight is 1030 g/mol. The van der Waals surface area contributed by atoms with Crippen LogP contribution in [0.4, 0.5) is 29.3 Å². The van der Waals surface area contributed by atoms with Gasteiger partial charge in [-0.25, -0.2) is 14.7 Å². The normalized spacial score (nSPS) is 16.9. The van der Waals surface area contributed by atoms with E-state index in [0.717, 1.165) is 45.0 Å². The molecule has 2 aromatic heterocycles. The van der Waals surface area contributed by atoms with E-state index < -0.39 is 70.3 Å². The number of nitrogens with zero attached hydrogens (tertiary/aromatic N) is 6. The number of benzene rings is 4. The number of hydrogen-bond donors (Lipinski definition) is 2. The van der Waals surface area contributed by atoms with Gasteiger partial charge in [0.05, 0.1) is 58.3 Å². The van der Waals surface area contributed by atoms with Crippen molar-refractivity contribution in [1.29, 1.82) is 5.26 Å². The van der Waals surface area contributed by atoms with Crippen LogP contribution in [0.25, 0.3) is 21.6 Å². The number of halogens is 3. The van der Waals surface area contributed by atoms with Gasteiger partial charge in [0.2, 0.25) is 11.8 Å². The van der Waals surface area contributed by atoms with Crippen molar-refractivity contribution in [2.24, 2.45) is 5.92 Å². The highest BCUT2D eigenvalue weighted by Crippen LogP contribution is 2.40. The average Bonchev–Trinajstić information content (AvgIpc) is 4.04. The number of nitrogens with one attached hydrogen (secondary N) is 1. The Hall–Kier alpha value is -7.82. The Balaban J connectivity index is 0.818. The Bertz CT molecular complexity index is 3150. The number of β-amino-alcohol motifs (C(OH)–C–C–N with tert-alkyl or cyclic N) is 1. The quantitative estimate of drug-likeness (QED) is 0.0659. The van der Waals surface area contributed by atoms with Crippen molar-refractivity contribution in [1.82, 2.24) is 19.8 Å². The van der Waals surface area contributed by atoms with Gasteiger partial charge < -0.3 is 24.8 Å². The number of urea groups is 1. The molecule has 8 rings (SSSR count). The number of unbranched alkanes of at least 4 members (excludes halogenated alkanes) is 1. The highest BCUT2D eigenvalue weighted by atomic mass is 32.1. The molecule has 2 aliphatic rings. The maximum absolute atomic E-state index is 14.3. The highest BCUT2D eigenvalue weighted by molar-refractivity contribution is 7.13. The molecule has 19 heteroatoms. The zero-order valence-electron chi connectivity index (χ0n) is 41.3. The molecule has 74 heavy (non-hydrogen) atoms. The summed E-state index contributed by atoms with van der Waals surface area (Å²) in [4.78, 5) is 77.5. The second-order valence-corrected chi connectivity index (χ2v) is 19.8. The summed E-state index contributed by atoms with van der Waals surface area (Å²) in [5, 5.41) is 22.8. The molecule has 0 spiro atoms. The molecule has 0 radical (unpaired) electrons. The smallest absolute Gasteiger partial charge is 0.417 e. The van der Waals surface area contributed by atoms with Crippen LogP contribution in [0.3, 0.4) is 0 Å². The fourth-order valence-electron chi connectivity index (χ4n) is 9.26. The lowest BCUT2D eigenvalue weighted by Gasteiger charge is -2.31. The van der Waals surface area contributed by atoms with Gasteiger partial charge in [0.1, 0.15) is 23.4 Å². The molecular weight excluding hydrogens is 976 g/mol. The minimum atomic E-state index is -4.88. The van der Waals surface area contributed by atoms with Gasteiger partial charge >= 0.3 is 12.2 Å². The first kappa shape index (κ1) is 52.5. The number of rotatable bonds is 17. The van der Waals surface area contributed by atoms with Crippen molar-refractivity contribution in [3.05, 3.63) is 148 Å². The summed E-state index contributed by atoms with van der Waals surface area (Å²) in [6.45, 7) is 9.34. The van der Waals surface area contributed by atoms with Crippen molar-refractivity contribution in [3.8, 4) is 39.1 Å². The van der Waals surface area contributed by atoms with Gasteiger partial charge in [-0.2, -0.15) is 18.4 Å². The van der Waals surface area contributed by atoms with Crippen LogP contribution < -0.4 is 30.1 Å². The van der Waals surface area contributed by atoms with Gasteiger partial charge in [0.25, 0.3) is 11.5 Å². The summed E-state index contributed by atoms with van der Waals surface area (Å²) in [5.74, 6) is -1.24. The molecule has 1 unspecified atom stereocenters. The van der Waals surface area contributed by atoms with Crippen molar-refractivity contribution < 1.29 is 46.9 Å². The molecule has 0 aliphatic carbocycles. The molecule has 384 valence electrons. The standard InChI is InChI=1S/C55H54F3N7O8S/c1-33(2)47(51(69)63-31-42(66)28-45(63)49(67)60-30-35-10-12-38(13-11-35)48-34(3)61-32-74-48)62-24-8-9-46(50(62)68)73-26-7-6-25-72-43-22-17-37(18-23-43)36-14-19-40(20-15-36)65-53(71)64(52(70)54(65,4)5)41-21-16-39(29-59)44(27-41)55(56,57)58/h8-24,27,32-33,42,45,47,66H,6-7,25-26,28,30-31H2,1-5H3,(H,60,67)/t42-,45+,47?/m1/s1. The zero-order valence-corrected chi connectivity index (χ0v) is 42.1. The fraction of sp³-hybridized carbons (Fsp3) is 0.327. The molecule has 0 saturated carbocycles. The lowest BCUT2D eigenvalue weighted by Crippen LogP contribution is -2.50. The Morgan fingerprint density at radius 1 is 0.905 bits per heavy atom. The third kappa shape index (κ3) is 10.9. The SMILES string of the molecule is Cc1ncsc1-c1ccc(CNC(=O)[C@@H]2C[C@@H](O)CN2C(=O)C(C(C)C)n2cccc(OCCCCOc3ccc(-c4ccc(N5C(=O)N(c6ccc(C#N)c(C(F)(F)F)c6)C(=O)C5(C)C)cc4)cc3)c2=O)cc1. The number of aryl methyl sites for hydroxylation is 1. The summed E-state index contributed by atoms with van der Waals surface area (Å²) in [6, 6.07) is 26.6. The second kappa shape index (κ2) is 21.7. The predicted molar refractivity (Wildman–Crippen MR) is 273 cm³/mol. The number of likely N-dealkylation sites (tertiary alicyclic amines) is 1. The summed E-state index contributed by atoms with van der Waals surface area (Å²) < 4.78 is 54.4. The third-order valence-corrected chi connectivity index (χ3v) is 14.1. The minimum Gasteiger partial charge on any atom is -0.494 e. The molecule has 5 amide bonds. The van der Waals surface area contributed by atoms with E-state index in [1.807, 2.05) is 57.2 Å². The van der Waals surface area contributed by atoms with E-state index in [1.165, 1.54) is 40.5 Å². The summed E-state index contributed by atoms with van der Waals surface area (Å²) in [6.07, 6.45) is -3.04. The first-order valence-corrected chi connectivity index (χ1v) is 24.9. The van der Waals surface area contributed by atoms with Gasteiger partial charge in [-0.3, -0.25) is 28.6 Å². The number of carbonyl (C=O) groups excluding carboxylic acids is 4. The molecule has 2 saturated heterocycles. The van der Waals surface area contributed by atoms with Gasteiger partial charge in [-0.05, 0) is 116 Å². The third-order valence-electron chi connectivity index (χ3n) is 13.2. The molecule has 4 heterocycles. The van der Waals surface area contributed by atoms with Crippen LogP contribution in [0.5, 0.6) is 11.5 Å². The van der Waals surface area contributed by atoms with E-state index in [2.05, 4.69) is 10.3 Å². The van der Waals surface area contributed by atoms with E-state index in [0.29, 0.717) is 41.9 Å².